The zero-order valence-electron chi connectivity index (χ0n) is 17.5. The Morgan fingerprint density at radius 1 is 1.19 bits per heavy atom. The van der Waals surface area contributed by atoms with Crippen LogP contribution in [0.5, 0.6) is 0 Å². The monoisotopic (exact) mass is 438 g/mol. The maximum atomic E-state index is 13.6. The highest BCUT2D eigenvalue weighted by Crippen LogP contribution is 2.27. The predicted molar refractivity (Wildman–Crippen MR) is 117 cm³/mol. The van der Waals surface area contributed by atoms with Gasteiger partial charge in [0.25, 0.3) is 5.91 Å². The van der Waals surface area contributed by atoms with Gasteiger partial charge in [0.1, 0.15) is 11.8 Å². The number of furan rings is 1. The van der Waals surface area contributed by atoms with Crippen LogP contribution < -0.4 is 5.32 Å². The highest BCUT2D eigenvalue weighted by Gasteiger charge is 2.34. The Labute approximate surface area is 185 Å². The number of carbonyl (C=O) groups is 2. The first-order chi connectivity index (χ1) is 15.1. The van der Waals surface area contributed by atoms with Gasteiger partial charge in [-0.25, -0.2) is 0 Å². The third-order valence-corrected chi connectivity index (χ3v) is 6.16. The summed E-state index contributed by atoms with van der Waals surface area (Å²) in [6.45, 7) is 2.15. The second kappa shape index (κ2) is 9.87. The van der Waals surface area contributed by atoms with E-state index in [9.17, 15) is 9.59 Å². The highest BCUT2D eigenvalue weighted by atomic mass is 32.1. The summed E-state index contributed by atoms with van der Waals surface area (Å²) in [5.74, 6) is 0.0625. The molecule has 1 aliphatic rings. The van der Waals surface area contributed by atoms with Crippen molar-refractivity contribution in [1.82, 2.24) is 19.8 Å². The third kappa shape index (κ3) is 5.19. The zero-order valence-corrected chi connectivity index (χ0v) is 18.3. The van der Waals surface area contributed by atoms with Crippen molar-refractivity contribution in [3.63, 3.8) is 0 Å². The lowest BCUT2D eigenvalue weighted by Gasteiger charge is -2.32. The molecular weight excluding hydrogens is 412 g/mol. The lowest BCUT2D eigenvalue weighted by molar-refractivity contribution is -0.127. The summed E-state index contributed by atoms with van der Waals surface area (Å²) in [5.41, 5.74) is 2.06. The Balaban J connectivity index is 1.70. The van der Waals surface area contributed by atoms with E-state index in [1.807, 2.05) is 31.2 Å². The first-order valence-corrected chi connectivity index (χ1v) is 11.4. The standard InChI is InChI=1S/C23H26N4O3S/c1-16-9-11-17(12-10-16)21(22(28)24-18-6-3-2-4-7-18)27(14-19-8-5-13-30-19)23(29)20-15-31-26-25-20/h5,8-13,15,18,21H,2-4,6-7,14H2,1H3,(H,24,28)/t21-/m1/s1. The second-order valence-electron chi connectivity index (χ2n) is 7.96. The minimum atomic E-state index is -0.804. The summed E-state index contributed by atoms with van der Waals surface area (Å²) in [6, 6.07) is 10.6. The van der Waals surface area contributed by atoms with Gasteiger partial charge < -0.3 is 14.6 Å². The third-order valence-electron chi connectivity index (χ3n) is 5.65. The Morgan fingerprint density at radius 3 is 2.61 bits per heavy atom. The van der Waals surface area contributed by atoms with E-state index in [0.29, 0.717) is 5.76 Å². The van der Waals surface area contributed by atoms with Gasteiger partial charge in [0.2, 0.25) is 5.91 Å². The molecule has 2 heterocycles. The largest absolute Gasteiger partial charge is 0.467 e. The van der Waals surface area contributed by atoms with Crippen molar-refractivity contribution in [3.8, 4) is 0 Å². The van der Waals surface area contributed by atoms with Gasteiger partial charge in [-0.3, -0.25) is 9.59 Å². The lowest BCUT2D eigenvalue weighted by Crippen LogP contribution is -2.47. The maximum Gasteiger partial charge on any atom is 0.276 e. The summed E-state index contributed by atoms with van der Waals surface area (Å²) in [5, 5.41) is 8.74. The van der Waals surface area contributed by atoms with Crippen LogP contribution in [0.25, 0.3) is 0 Å². The quantitative estimate of drug-likeness (QED) is 0.595. The van der Waals surface area contributed by atoms with E-state index in [1.165, 1.54) is 11.3 Å². The molecule has 0 aliphatic heterocycles. The molecule has 1 aromatic carbocycles. The number of aryl methyl sites for hydroxylation is 1. The van der Waals surface area contributed by atoms with E-state index in [-0.39, 0.29) is 30.1 Å². The predicted octanol–water partition coefficient (Wildman–Crippen LogP) is 4.27. The first kappa shape index (κ1) is 21.2. The van der Waals surface area contributed by atoms with E-state index in [1.54, 1.807) is 23.8 Å². The summed E-state index contributed by atoms with van der Waals surface area (Å²) in [4.78, 5) is 28.5. The zero-order chi connectivity index (χ0) is 21.6. The van der Waals surface area contributed by atoms with Gasteiger partial charge in [0.15, 0.2) is 5.69 Å². The van der Waals surface area contributed by atoms with Gasteiger partial charge in [0.05, 0.1) is 12.8 Å². The van der Waals surface area contributed by atoms with Crippen LogP contribution in [-0.4, -0.2) is 32.3 Å². The molecule has 1 N–H and O–H groups in total. The molecule has 2 aromatic heterocycles. The Bertz CT molecular complexity index is 981. The average molecular weight is 439 g/mol. The van der Waals surface area contributed by atoms with Crippen LogP contribution in [0, 0.1) is 6.92 Å². The molecule has 1 aliphatic carbocycles. The Morgan fingerprint density at radius 2 is 1.97 bits per heavy atom. The van der Waals surface area contributed by atoms with Gasteiger partial charge in [-0.2, -0.15) is 0 Å². The van der Waals surface area contributed by atoms with Crippen molar-refractivity contribution < 1.29 is 14.0 Å². The molecule has 0 unspecified atom stereocenters. The van der Waals surface area contributed by atoms with Gasteiger partial charge in [0, 0.05) is 11.4 Å². The average Bonchev–Trinajstić information content (AvgIpc) is 3.49. The van der Waals surface area contributed by atoms with Gasteiger partial charge in [-0.15, -0.1) is 5.10 Å². The molecule has 31 heavy (non-hydrogen) atoms. The van der Waals surface area contributed by atoms with Crippen LogP contribution in [0.2, 0.25) is 0 Å². The van der Waals surface area contributed by atoms with Gasteiger partial charge in [-0.1, -0.05) is 53.6 Å². The van der Waals surface area contributed by atoms with Crippen LogP contribution >= 0.6 is 11.5 Å². The van der Waals surface area contributed by atoms with Gasteiger partial charge >= 0.3 is 0 Å². The minimum absolute atomic E-state index is 0.135. The fraction of sp³-hybridized carbons (Fsp3) is 0.391. The fourth-order valence-electron chi connectivity index (χ4n) is 4.00. The minimum Gasteiger partial charge on any atom is -0.467 e. The molecule has 162 valence electrons. The molecule has 4 rings (SSSR count). The number of rotatable bonds is 7. The van der Waals surface area contributed by atoms with E-state index in [2.05, 4.69) is 14.9 Å². The molecule has 0 bridgehead atoms. The maximum absolute atomic E-state index is 13.6. The molecule has 1 fully saturated rings. The molecule has 3 aromatic rings. The van der Waals surface area contributed by atoms with Crippen molar-refractivity contribution in [2.24, 2.45) is 0 Å². The van der Waals surface area contributed by atoms with Crippen LogP contribution in [0.4, 0.5) is 0 Å². The summed E-state index contributed by atoms with van der Waals surface area (Å²) in [7, 11) is 0. The van der Waals surface area contributed by atoms with E-state index >= 15 is 0 Å². The van der Waals surface area contributed by atoms with Crippen molar-refractivity contribution in [3.05, 3.63) is 70.6 Å². The number of benzene rings is 1. The SMILES string of the molecule is Cc1ccc([C@H](C(=O)NC2CCCCC2)N(Cc2ccco2)C(=O)c2csnn2)cc1. The number of nitrogens with zero attached hydrogens (tertiary/aromatic N) is 3. The number of carbonyl (C=O) groups excluding carboxylic acids is 2. The Hall–Kier alpha value is -3.00. The van der Waals surface area contributed by atoms with Gasteiger partial charge in [-0.05, 0) is 49.0 Å². The van der Waals surface area contributed by atoms with Crippen LogP contribution in [0.1, 0.15) is 65.5 Å². The van der Waals surface area contributed by atoms with Crippen LogP contribution in [0.15, 0.2) is 52.5 Å². The number of nitrogens with one attached hydrogen (secondary N) is 1. The molecule has 0 spiro atoms. The van der Waals surface area contributed by atoms with Crippen molar-refractivity contribution >= 4 is 23.3 Å². The van der Waals surface area contributed by atoms with Crippen molar-refractivity contribution in [1.29, 1.82) is 0 Å². The molecular formula is C23H26N4O3S. The molecule has 8 heteroatoms. The second-order valence-corrected chi connectivity index (χ2v) is 8.57. The number of hydrogen-bond acceptors (Lipinski definition) is 6. The number of hydrogen-bond donors (Lipinski definition) is 1. The smallest absolute Gasteiger partial charge is 0.276 e. The summed E-state index contributed by atoms with van der Waals surface area (Å²) in [6.07, 6.45) is 6.92. The molecule has 1 atom stereocenters. The summed E-state index contributed by atoms with van der Waals surface area (Å²) < 4.78 is 9.33. The molecule has 0 saturated heterocycles. The van der Waals surface area contributed by atoms with Crippen molar-refractivity contribution in [2.45, 2.75) is 57.7 Å². The molecule has 7 nitrogen and oxygen atoms in total. The summed E-state index contributed by atoms with van der Waals surface area (Å²) >= 11 is 1.11. The molecule has 1 saturated carbocycles. The lowest BCUT2D eigenvalue weighted by atomic mass is 9.94. The molecule has 2 amide bonds. The van der Waals surface area contributed by atoms with Crippen LogP contribution in [0.3, 0.4) is 0 Å². The first-order valence-electron chi connectivity index (χ1n) is 10.6. The van der Waals surface area contributed by atoms with E-state index < -0.39 is 6.04 Å². The fourth-order valence-corrected chi connectivity index (χ4v) is 4.43. The Kier molecular flexibility index (Phi) is 6.76. The topological polar surface area (TPSA) is 88.3 Å². The van der Waals surface area contributed by atoms with E-state index in [0.717, 1.165) is 48.3 Å². The molecule has 0 radical (unpaired) electrons. The number of amides is 2. The van der Waals surface area contributed by atoms with E-state index in [4.69, 9.17) is 4.42 Å². The number of aromatic nitrogens is 2. The highest BCUT2D eigenvalue weighted by molar-refractivity contribution is 7.03. The van der Waals surface area contributed by atoms with Crippen LogP contribution in [-0.2, 0) is 11.3 Å². The van der Waals surface area contributed by atoms with Crippen molar-refractivity contribution in [2.75, 3.05) is 0 Å². The normalized spacial score (nSPS) is 15.4.